The number of carbonyl (C=O) groups is 2. The molecule has 0 radical (unpaired) electrons. The van der Waals surface area contributed by atoms with Crippen LogP contribution in [0.3, 0.4) is 0 Å². The van der Waals surface area contributed by atoms with Gasteiger partial charge in [-0.1, -0.05) is 46.4 Å². The van der Waals surface area contributed by atoms with Crippen molar-refractivity contribution < 1.29 is 9.59 Å². The van der Waals surface area contributed by atoms with Gasteiger partial charge in [0.2, 0.25) is 0 Å². The Bertz CT molecular complexity index is 1250. The molecule has 4 rings (SSSR count). The third-order valence-corrected chi connectivity index (χ3v) is 6.43. The van der Waals surface area contributed by atoms with Crippen molar-refractivity contribution in [1.82, 2.24) is 9.97 Å². The van der Waals surface area contributed by atoms with Crippen LogP contribution in [0.2, 0.25) is 5.02 Å². The van der Waals surface area contributed by atoms with Crippen molar-refractivity contribution in [3.8, 4) is 0 Å². The molecule has 0 spiro atoms. The van der Waals surface area contributed by atoms with Gasteiger partial charge >= 0.3 is 6.03 Å². The van der Waals surface area contributed by atoms with E-state index in [-0.39, 0.29) is 5.91 Å². The van der Waals surface area contributed by atoms with E-state index in [9.17, 15) is 9.59 Å². The van der Waals surface area contributed by atoms with Gasteiger partial charge in [0, 0.05) is 10.7 Å². The van der Waals surface area contributed by atoms with Crippen LogP contribution in [-0.2, 0) is 0 Å². The first kappa shape index (κ1) is 20.3. The molecular formula is C20H16ClN5O2S2. The van der Waals surface area contributed by atoms with Crippen molar-refractivity contribution in [2.75, 3.05) is 16.0 Å². The largest absolute Gasteiger partial charge is 0.325 e. The monoisotopic (exact) mass is 457 g/mol. The zero-order chi connectivity index (χ0) is 21.3. The van der Waals surface area contributed by atoms with E-state index in [1.54, 1.807) is 31.2 Å². The minimum Gasteiger partial charge on any atom is -0.308 e. The van der Waals surface area contributed by atoms with Crippen LogP contribution in [0, 0.1) is 13.8 Å². The lowest BCUT2D eigenvalue weighted by molar-refractivity contribution is 0.103. The summed E-state index contributed by atoms with van der Waals surface area (Å²) in [6.07, 6.45) is 0. The van der Waals surface area contributed by atoms with Crippen molar-refractivity contribution in [2.24, 2.45) is 0 Å². The van der Waals surface area contributed by atoms with Gasteiger partial charge in [0.05, 0.1) is 15.9 Å². The summed E-state index contributed by atoms with van der Waals surface area (Å²) in [5, 5.41) is 9.58. The molecule has 2 aromatic heterocycles. The lowest BCUT2D eigenvalue weighted by Gasteiger charge is -2.05. The summed E-state index contributed by atoms with van der Waals surface area (Å²) >= 11 is 8.35. The number of para-hydroxylation sites is 1. The number of urea groups is 1. The molecule has 0 saturated heterocycles. The highest BCUT2D eigenvalue weighted by Gasteiger charge is 2.18. The maximum atomic E-state index is 12.7. The number of hydrogen-bond donors (Lipinski definition) is 3. The van der Waals surface area contributed by atoms with E-state index >= 15 is 0 Å². The maximum absolute atomic E-state index is 12.7. The van der Waals surface area contributed by atoms with Gasteiger partial charge in [-0.25, -0.2) is 14.8 Å². The number of thiazole rings is 2. The average molecular weight is 458 g/mol. The van der Waals surface area contributed by atoms with Gasteiger partial charge in [-0.05, 0) is 49.7 Å². The highest BCUT2D eigenvalue weighted by Crippen LogP contribution is 2.29. The Morgan fingerprint density at radius 2 is 1.63 bits per heavy atom. The molecule has 152 valence electrons. The summed E-state index contributed by atoms with van der Waals surface area (Å²) in [5.41, 5.74) is 3.04. The van der Waals surface area contributed by atoms with Crippen LogP contribution in [0.1, 0.15) is 20.9 Å². The second kappa shape index (κ2) is 8.39. The van der Waals surface area contributed by atoms with Gasteiger partial charge in [-0.2, -0.15) is 0 Å². The van der Waals surface area contributed by atoms with Crippen molar-refractivity contribution in [2.45, 2.75) is 13.8 Å². The van der Waals surface area contributed by atoms with Gasteiger partial charge in [-0.3, -0.25) is 15.4 Å². The molecule has 3 amide bonds. The third-order valence-electron chi connectivity index (χ3n) is 4.17. The summed E-state index contributed by atoms with van der Waals surface area (Å²) in [6, 6.07) is 12.2. The predicted molar refractivity (Wildman–Crippen MR) is 123 cm³/mol. The van der Waals surface area contributed by atoms with E-state index in [4.69, 9.17) is 11.6 Å². The molecule has 0 bridgehead atoms. The number of aromatic nitrogens is 2. The third kappa shape index (κ3) is 4.43. The summed E-state index contributed by atoms with van der Waals surface area (Å²) in [6.45, 7) is 3.70. The van der Waals surface area contributed by atoms with E-state index in [1.807, 2.05) is 25.1 Å². The molecule has 30 heavy (non-hydrogen) atoms. The smallest absolute Gasteiger partial charge is 0.308 e. The van der Waals surface area contributed by atoms with Crippen LogP contribution in [0.15, 0.2) is 42.5 Å². The van der Waals surface area contributed by atoms with Crippen molar-refractivity contribution in [3.63, 3.8) is 0 Å². The number of nitrogens with one attached hydrogen (secondary N) is 3. The van der Waals surface area contributed by atoms with Crippen LogP contribution >= 0.6 is 34.3 Å². The summed E-state index contributed by atoms with van der Waals surface area (Å²) in [4.78, 5) is 34.1. The average Bonchev–Trinajstić information content (AvgIpc) is 3.27. The SMILES string of the molecule is Cc1nc(NC(=O)Nc2ccc(Cl)cc2)sc1C(=O)Nc1nc2c(C)cccc2s1. The summed E-state index contributed by atoms with van der Waals surface area (Å²) in [7, 11) is 0. The normalized spacial score (nSPS) is 10.8. The first-order chi connectivity index (χ1) is 14.4. The van der Waals surface area contributed by atoms with Crippen LogP contribution in [0.4, 0.5) is 20.7 Å². The fourth-order valence-electron chi connectivity index (χ4n) is 2.75. The Morgan fingerprint density at radius 1 is 0.900 bits per heavy atom. The number of amides is 3. The minimum absolute atomic E-state index is 0.312. The van der Waals surface area contributed by atoms with Crippen molar-refractivity contribution >= 4 is 72.4 Å². The fourth-order valence-corrected chi connectivity index (χ4v) is 4.67. The second-order valence-corrected chi connectivity index (χ2v) is 8.88. The number of fused-ring (bicyclic) bond motifs is 1. The van der Waals surface area contributed by atoms with Crippen LogP contribution in [-0.4, -0.2) is 21.9 Å². The molecule has 0 aliphatic heterocycles. The second-order valence-electron chi connectivity index (χ2n) is 6.41. The molecule has 0 fully saturated rings. The lowest BCUT2D eigenvalue weighted by Crippen LogP contribution is -2.19. The standard InChI is InChI=1S/C20H16ClN5O2S2/c1-10-4-3-5-14-15(10)24-20(29-14)25-17(27)16-11(2)22-19(30-16)26-18(28)23-13-8-6-12(21)7-9-13/h3-9H,1-2H3,(H,24,25,27)(H2,22,23,26,28). The first-order valence-corrected chi connectivity index (χ1v) is 10.9. The molecule has 2 heterocycles. The Kier molecular flexibility index (Phi) is 5.67. The number of anilines is 3. The van der Waals surface area contributed by atoms with Gasteiger partial charge in [0.25, 0.3) is 5.91 Å². The molecule has 10 heteroatoms. The lowest BCUT2D eigenvalue weighted by atomic mass is 10.2. The Morgan fingerprint density at radius 3 is 2.37 bits per heavy atom. The number of hydrogen-bond acceptors (Lipinski definition) is 6. The zero-order valence-corrected chi connectivity index (χ0v) is 18.3. The van der Waals surface area contributed by atoms with Gasteiger partial charge < -0.3 is 5.32 Å². The van der Waals surface area contributed by atoms with E-state index in [1.165, 1.54) is 11.3 Å². The van der Waals surface area contributed by atoms with Crippen molar-refractivity contribution in [3.05, 3.63) is 63.6 Å². The Hall–Kier alpha value is -3.01. The van der Waals surface area contributed by atoms with Gasteiger partial charge in [-0.15, -0.1) is 0 Å². The minimum atomic E-state index is -0.459. The summed E-state index contributed by atoms with van der Waals surface area (Å²) in [5.74, 6) is -0.312. The van der Waals surface area contributed by atoms with Crippen molar-refractivity contribution in [1.29, 1.82) is 0 Å². The molecule has 3 N–H and O–H groups in total. The van der Waals surface area contributed by atoms with E-state index in [0.717, 1.165) is 27.1 Å². The van der Waals surface area contributed by atoms with E-state index in [2.05, 4.69) is 25.9 Å². The fraction of sp³-hybridized carbons (Fsp3) is 0.100. The number of aryl methyl sites for hydroxylation is 2. The van der Waals surface area contributed by atoms with E-state index < -0.39 is 6.03 Å². The molecule has 2 aromatic carbocycles. The Labute approximate surface area is 185 Å². The summed E-state index contributed by atoms with van der Waals surface area (Å²) < 4.78 is 1.01. The van der Waals surface area contributed by atoms with Crippen LogP contribution < -0.4 is 16.0 Å². The molecule has 4 aromatic rings. The van der Waals surface area contributed by atoms with Gasteiger partial charge in [0.15, 0.2) is 10.3 Å². The predicted octanol–water partition coefficient (Wildman–Crippen LogP) is 5.92. The molecule has 7 nitrogen and oxygen atoms in total. The van der Waals surface area contributed by atoms with Crippen LogP contribution in [0.25, 0.3) is 10.2 Å². The number of nitrogens with zero attached hydrogens (tertiary/aromatic N) is 2. The number of halogens is 1. The van der Waals surface area contributed by atoms with Crippen LogP contribution in [0.5, 0.6) is 0 Å². The number of benzene rings is 2. The van der Waals surface area contributed by atoms with E-state index in [0.29, 0.717) is 31.5 Å². The highest BCUT2D eigenvalue weighted by molar-refractivity contribution is 7.22. The maximum Gasteiger partial charge on any atom is 0.325 e. The number of rotatable bonds is 4. The molecule has 0 aliphatic carbocycles. The molecule has 0 aliphatic rings. The molecule has 0 saturated carbocycles. The van der Waals surface area contributed by atoms with Gasteiger partial charge in [0.1, 0.15) is 4.88 Å². The molecule has 0 atom stereocenters. The Balaban J connectivity index is 1.44. The zero-order valence-electron chi connectivity index (χ0n) is 15.9. The molecule has 0 unspecified atom stereocenters. The molecular weight excluding hydrogens is 442 g/mol. The topological polar surface area (TPSA) is 96.0 Å². The first-order valence-electron chi connectivity index (χ1n) is 8.87. The highest BCUT2D eigenvalue weighted by atomic mass is 35.5. The number of carbonyl (C=O) groups excluding carboxylic acids is 2. The quantitative estimate of drug-likeness (QED) is 0.354.